The van der Waals surface area contributed by atoms with Crippen LogP contribution in [0.25, 0.3) is 0 Å². The monoisotopic (exact) mass is 463 g/mol. The smallest absolute Gasteiger partial charge is 0.251 e. The molecule has 0 spiro atoms. The molecule has 0 radical (unpaired) electrons. The van der Waals surface area contributed by atoms with Crippen LogP contribution in [0.2, 0.25) is 5.02 Å². The van der Waals surface area contributed by atoms with Gasteiger partial charge >= 0.3 is 0 Å². The van der Waals surface area contributed by atoms with E-state index >= 15 is 0 Å². The number of hydrogen-bond acceptors (Lipinski definition) is 3. The highest BCUT2D eigenvalue weighted by molar-refractivity contribution is 6.32. The molecule has 168 valence electrons. The lowest BCUT2D eigenvalue weighted by atomic mass is 9.71. The van der Waals surface area contributed by atoms with Crippen molar-refractivity contribution in [1.82, 2.24) is 10.6 Å². The number of aryl methyl sites for hydroxylation is 1. The Morgan fingerprint density at radius 2 is 1.84 bits per heavy atom. The lowest BCUT2D eigenvalue weighted by molar-refractivity contribution is -0.122. The predicted molar refractivity (Wildman–Crippen MR) is 128 cm³/mol. The van der Waals surface area contributed by atoms with E-state index in [4.69, 9.17) is 17.3 Å². The highest BCUT2D eigenvalue weighted by atomic mass is 35.5. The maximum Gasteiger partial charge on any atom is 0.251 e. The van der Waals surface area contributed by atoms with Gasteiger partial charge in [0.25, 0.3) is 5.91 Å². The number of fused-ring (bicyclic) bond motifs is 1. The van der Waals surface area contributed by atoms with Crippen LogP contribution in [0.5, 0.6) is 0 Å². The first-order valence-electron chi connectivity index (χ1n) is 10.6. The molecule has 2 amide bonds. The van der Waals surface area contributed by atoms with Crippen molar-refractivity contribution in [2.45, 2.75) is 45.4 Å². The van der Waals surface area contributed by atoms with Gasteiger partial charge in [0.1, 0.15) is 5.41 Å². The second-order valence-corrected chi connectivity index (χ2v) is 8.07. The number of nitrogens with two attached hydrogens (primary N) is 1. The van der Waals surface area contributed by atoms with Crippen molar-refractivity contribution in [3.05, 3.63) is 68.7 Å². The normalized spacial score (nSPS) is 17.8. The molecule has 0 saturated heterocycles. The maximum absolute atomic E-state index is 13.0. The molecule has 5 nitrogen and oxygen atoms in total. The number of nitrogens with one attached hydrogen (secondary N) is 2. The van der Waals surface area contributed by atoms with Crippen molar-refractivity contribution < 1.29 is 9.59 Å². The third-order valence-corrected chi connectivity index (χ3v) is 6.55. The zero-order valence-corrected chi connectivity index (χ0v) is 19.9. The number of halogens is 2. The average molecular weight is 464 g/mol. The van der Waals surface area contributed by atoms with E-state index in [2.05, 4.69) is 30.5 Å². The minimum atomic E-state index is -1.05. The van der Waals surface area contributed by atoms with E-state index in [1.54, 1.807) is 12.1 Å². The zero-order chi connectivity index (χ0) is 21.9. The number of amides is 2. The van der Waals surface area contributed by atoms with Gasteiger partial charge in [0.05, 0.1) is 0 Å². The van der Waals surface area contributed by atoms with Crippen LogP contribution in [0.1, 0.15) is 58.9 Å². The van der Waals surface area contributed by atoms with E-state index in [1.807, 2.05) is 19.1 Å². The van der Waals surface area contributed by atoms with Gasteiger partial charge in [-0.2, -0.15) is 0 Å². The van der Waals surface area contributed by atoms with Gasteiger partial charge in [0.2, 0.25) is 5.91 Å². The molecule has 0 bridgehead atoms. The molecule has 1 aliphatic heterocycles. The van der Waals surface area contributed by atoms with Crippen molar-refractivity contribution in [3.8, 4) is 0 Å². The molecule has 4 N–H and O–H groups in total. The van der Waals surface area contributed by atoms with E-state index in [1.165, 1.54) is 0 Å². The van der Waals surface area contributed by atoms with E-state index in [0.717, 1.165) is 52.1 Å². The van der Waals surface area contributed by atoms with Crippen LogP contribution in [0.15, 0.2) is 30.3 Å². The van der Waals surface area contributed by atoms with Crippen molar-refractivity contribution in [3.63, 3.8) is 0 Å². The van der Waals surface area contributed by atoms with Crippen LogP contribution in [0.4, 0.5) is 0 Å². The molecular formula is C24H31Cl2N3O2. The summed E-state index contributed by atoms with van der Waals surface area (Å²) in [6, 6.07) is 9.28. The molecule has 1 unspecified atom stereocenters. The quantitative estimate of drug-likeness (QED) is 0.612. The van der Waals surface area contributed by atoms with Crippen LogP contribution in [-0.2, 0) is 29.5 Å². The number of hydrogen-bond donors (Lipinski definition) is 3. The highest BCUT2D eigenvalue weighted by Crippen LogP contribution is 2.41. The molecule has 31 heavy (non-hydrogen) atoms. The molecule has 1 aliphatic rings. The molecule has 0 aromatic heterocycles. The Morgan fingerprint density at radius 1 is 1.16 bits per heavy atom. The van der Waals surface area contributed by atoms with Crippen LogP contribution < -0.4 is 16.4 Å². The summed E-state index contributed by atoms with van der Waals surface area (Å²) in [4.78, 5) is 25.2. The van der Waals surface area contributed by atoms with Gasteiger partial charge in [0, 0.05) is 23.7 Å². The third kappa shape index (κ3) is 4.45. The van der Waals surface area contributed by atoms with E-state index in [0.29, 0.717) is 25.2 Å². The van der Waals surface area contributed by atoms with Crippen LogP contribution >= 0.6 is 24.0 Å². The topological polar surface area (TPSA) is 84.2 Å². The Bertz CT molecular complexity index is 960. The SMILES string of the molecule is CCNC(=O)c1ccc(C2(C(N)=O)CNCCc3c2cc(CC)c(CC)c3Cl)cc1.Cl. The molecule has 2 aromatic carbocycles. The van der Waals surface area contributed by atoms with Gasteiger partial charge in [-0.05, 0) is 72.7 Å². The minimum absolute atomic E-state index is 0. The number of rotatable bonds is 6. The number of primary amides is 1. The van der Waals surface area contributed by atoms with Gasteiger partial charge < -0.3 is 16.4 Å². The predicted octanol–water partition coefficient (Wildman–Crippen LogP) is 3.55. The average Bonchev–Trinajstić information content (AvgIpc) is 2.94. The molecule has 1 atom stereocenters. The maximum atomic E-state index is 13.0. The van der Waals surface area contributed by atoms with Gasteiger partial charge in [0.15, 0.2) is 0 Å². The van der Waals surface area contributed by atoms with Crippen molar-refractivity contribution in [2.24, 2.45) is 5.73 Å². The van der Waals surface area contributed by atoms with E-state index in [-0.39, 0.29) is 18.3 Å². The summed E-state index contributed by atoms with van der Waals surface area (Å²) in [6.07, 6.45) is 2.40. The molecule has 0 fully saturated rings. The fourth-order valence-electron chi connectivity index (χ4n) is 4.49. The highest BCUT2D eigenvalue weighted by Gasteiger charge is 2.44. The van der Waals surface area contributed by atoms with E-state index < -0.39 is 11.3 Å². The fraction of sp³-hybridized carbons (Fsp3) is 0.417. The van der Waals surface area contributed by atoms with Crippen LogP contribution in [0, 0.1) is 0 Å². The Hall–Kier alpha value is -2.08. The Labute approximate surface area is 195 Å². The Kier molecular flexibility index (Phi) is 8.52. The summed E-state index contributed by atoms with van der Waals surface area (Å²) in [5.41, 5.74) is 10.5. The van der Waals surface area contributed by atoms with Crippen molar-refractivity contribution in [2.75, 3.05) is 19.6 Å². The lowest BCUT2D eigenvalue weighted by Crippen LogP contribution is -2.49. The molecule has 3 rings (SSSR count). The van der Waals surface area contributed by atoms with Gasteiger partial charge in [-0.1, -0.05) is 43.6 Å². The second-order valence-electron chi connectivity index (χ2n) is 7.69. The van der Waals surface area contributed by atoms with Crippen LogP contribution in [0.3, 0.4) is 0 Å². The molecule has 0 aliphatic carbocycles. The van der Waals surface area contributed by atoms with Crippen molar-refractivity contribution in [1.29, 1.82) is 0 Å². The first-order chi connectivity index (χ1) is 14.4. The molecule has 0 saturated carbocycles. The summed E-state index contributed by atoms with van der Waals surface area (Å²) in [7, 11) is 0. The van der Waals surface area contributed by atoms with Gasteiger partial charge in [-0.25, -0.2) is 0 Å². The number of carbonyl (C=O) groups excluding carboxylic acids is 2. The van der Waals surface area contributed by atoms with E-state index in [9.17, 15) is 9.59 Å². The Balaban J connectivity index is 0.00000341. The first-order valence-corrected chi connectivity index (χ1v) is 11.0. The Morgan fingerprint density at radius 3 is 2.39 bits per heavy atom. The van der Waals surface area contributed by atoms with Crippen LogP contribution in [-0.4, -0.2) is 31.4 Å². The van der Waals surface area contributed by atoms with Crippen molar-refractivity contribution >= 4 is 35.8 Å². The van der Waals surface area contributed by atoms with Gasteiger partial charge in [-0.15, -0.1) is 12.4 Å². The summed E-state index contributed by atoms with van der Waals surface area (Å²) >= 11 is 6.87. The molecular weight excluding hydrogens is 433 g/mol. The second kappa shape index (κ2) is 10.5. The van der Waals surface area contributed by atoms with Gasteiger partial charge in [-0.3, -0.25) is 9.59 Å². The standard InChI is InChI=1S/C24H30ClN3O2.ClH/c1-4-15-13-20-19(21(25)18(15)5-2)11-12-27-14-24(20,23(26)30)17-9-7-16(8-10-17)22(29)28-6-3;/h7-10,13,27H,4-6,11-12,14H2,1-3H3,(H2,26,30)(H,28,29);1H. The summed E-state index contributed by atoms with van der Waals surface area (Å²) in [5.74, 6) is -0.563. The number of carbonyl (C=O) groups is 2. The minimum Gasteiger partial charge on any atom is -0.369 e. The fourth-order valence-corrected chi connectivity index (χ4v) is 4.94. The molecule has 7 heteroatoms. The summed E-state index contributed by atoms with van der Waals surface area (Å²) in [6.45, 7) is 7.74. The first kappa shape index (κ1) is 25.2. The molecule has 1 heterocycles. The number of benzene rings is 2. The zero-order valence-electron chi connectivity index (χ0n) is 18.3. The largest absolute Gasteiger partial charge is 0.369 e. The summed E-state index contributed by atoms with van der Waals surface area (Å²) in [5, 5.41) is 6.93. The molecule has 2 aromatic rings. The third-order valence-electron chi connectivity index (χ3n) is 6.10. The summed E-state index contributed by atoms with van der Waals surface area (Å²) < 4.78 is 0. The lowest BCUT2D eigenvalue weighted by Gasteiger charge is -2.33.